The first kappa shape index (κ1) is 40.5. The first-order chi connectivity index (χ1) is 19.5. The molecule has 0 aromatic rings. The fourth-order valence-corrected chi connectivity index (χ4v) is 5.54. The zero-order valence-corrected chi connectivity index (χ0v) is 28.4. The van der Waals surface area contributed by atoms with Crippen molar-refractivity contribution in [1.29, 1.82) is 0 Å². The fraction of sp³-hybridized carbons (Fsp3) is 0.969. The number of rotatable bonds is 30. The second-order valence-electron chi connectivity index (χ2n) is 12.9. The Hall–Kier alpha value is -0.500. The Morgan fingerprint density at radius 2 is 1.17 bits per heavy atom. The summed E-state index contributed by atoms with van der Waals surface area (Å²) in [6, 6.07) is -0.748. The molecule has 0 bridgehead atoms. The summed E-state index contributed by atoms with van der Waals surface area (Å²) < 4.78 is 23.3. The molecule has 3 N–H and O–H groups in total. The molecule has 0 saturated carbocycles. The third-order valence-corrected chi connectivity index (χ3v) is 8.59. The van der Waals surface area contributed by atoms with Crippen LogP contribution in [-0.2, 0) is 18.4 Å². The van der Waals surface area contributed by atoms with E-state index in [0.717, 1.165) is 38.5 Å². The third-order valence-electron chi connectivity index (χ3n) is 7.61. The number of carbonyl (C=O) groups is 1. The summed E-state index contributed by atoms with van der Waals surface area (Å²) in [5.74, 6) is -0.155. The van der Waals surface area contributed by atoms with Gasteiger partial charge in [-0.05, 0) is 12.8 Å². The van der Waals surface area contributed by atoms with E-state index in [2.05, 4.69) is 19.2 Å². The van der Waals surface area contributed by atoms with Gasteiger partial charge in [-0.25, -0.2) is 4.57 Å². The average Bonchev–Trinajstić information content (AvgIpc) is 2.90. The maximum absolute atomic E-state index is 12.6. The van der Waals surface area contributed by atoms with E-state index >= 15 is 0 Å². The minimum atomic E-state index is -4.29. The standard InChI is InChI=1S/C32H67N2O6P/c1-6-8-10-12-14-15-16-17-18-19-20-21-23-25-31(35)30(33-32(36)26-24-22-13-11-9-7-2)29-40-41(37,38)39-28-27-34(3,4)5/h30-31,35H,6-29H2,1-5H3,(H-,33,36,37,38)/p+1. The first-order valence-corrected chi connectivity index (χ1v) is 18.4. The number of phosphoric ester groups is 1. The molecular weight excluding hydrogens is 539 g/mol. The number of nitrogens with one attached hydrogen (secondary N) is 1. The van der Waals surface area contributed by atoms with E-state index in [1.54, 1.807) is 0 Å². The number of aliphatic hydroxyl groups is 1. The van der Waals surface area contributed by atoms with Crippen molar-refractivity contribution in [3.63, 3.8) is 0 Å². The van der Waals surface area contributed by atoms with E-state index in [0.29, 0.717) is 23.9 Å². The van der Waals surface area contributed by atoms with E-state index in [4.69, 9.17) is 9.05 Å². The van der Waals surface area contributed by atoms with E-state index in [1.807, 2.05) is 21.1 Å². The molecule has 3 atom stereocenters. The van der Waals surface area contributed by atoms with E-state index < -0.39 is 20.0 Å². The molecule has 0 radical (unpaired) electrons. The number of phosphoric acid groups is 1. The van der Waals surface area contributed by atoms with Crippen LogP contribution < -0.4 is 5.32 Å². The maximum Gasteiger partial charge on any atom is 0.472 e. The molecule has 9 heteroatoms. The quantitative estimate of drug-likeness (QED) is 0.0435. The second-order valence-corrected chi connectivity index (χ2v) is 14.4. The van der Waals surface area contributed by atoms with Crippen molar-refractivity contribution >= 4 is 13.7 Å². The molecule has 0 aliphatic heterocycles. The fourth-order valence-electron chi connectivity index (χ4n) is 4.81. The van der Waals surface area contributed by atoms with Crippen LogP contribution >= 0.6 is 7.82 Å². The molecule has 246 valence electrons. The molecule has 3 unspecified atom stereocenters. The summed E-state index contributed by atoms with van der Waals surface area (Å²) in [5.41, 5.74) is 0. The number of hydrogen-bond donors (Lipinski definition) is 3. The molecule has 0 aromatic carbocycles. The Balaban J connectivity index is 4.46. The highest BCUT2D eigenvalue weighted by Crippen LogP contribution is 2.43. The maximum atomic E-state index is 12.6. The molecule has 0 heterocycles. The van der Waals surface area contributed by atoms with Crippen LogP contribution in [0.1, 0.15) is 149 Å². The molecule has 0 saturated heterocycles. The number of carbonyl (C=O) groups excluding carboxylic acids is 1. The van der Waals surface area contributed by atoms with Gasteiger partial charge in [0.1, 0.15) is 13.2 Å². The number of amides is 1. The van der Waals surface area contributed by atoms with Gasteiger partial charge < -0.3 is 19.8 Å². The molecule has 0 aromatic heterocycles. The lowest BCUT2D eigenvalue weighted by Gasteiger charge is -2.26. The molecule has 0 rings (SSSR count). The number of nitrogens with zero attached hydrogens (tertiary/aromatic N) is 1. The molecule has 1 amide bonds. The van der Waals surface area contributed by atoms with Gasteiger partial charge in [0.2, 0.25) is 5.91 Å². The number of aliphatic hydroxyl groups excluding tert-OH is 1. The van der Waals surface area contributed by atoms with Crippen molar-refractivity contribution in [3.8, 4) is 0 Å². The molecule has 0 aliphatic rings. The van der Waals surface area contributed by atoms with Crippen LogP contribution in [0.3, 0.4) is 0 Å². The highest BCUT2D eigenvalue weighted by atomic mass is 31.2. The lowest BCUT2D eigenvalue weighted by atomic mass is 10.0. The largest absolute Gasteiger partial charge is 0.472 e. The Kier molecular flexibility index (Phi) is 25.6. The van der Waals surface area contributed by atoms with Crippen molar-refractivity contribution in [3.05, 3.63) is 0 Å². The van der Waals surface area contributed by atoms with Crippen molar-refractivity contribution in [2.45, 2.75) is 161 Å². The van der Waals surface area contributed by atoms with Crippen molar-refractivity contribution in [2.24, 2.45) is 0 Å². The van der Waals surface area contributed by atoms with E-state index in [9.17, 15) is 19.4 Å². The van der Waals surface area contributed by atoms with Gasteiger partial charge in [-0.2, -0.15) is 0 Å². The molecule has 8 nitrogen and oxygen atoms in total. The van der Waals surface area contributed by atoms with Crippen LogP contribution in [0, 0.1) is 0 Å². The van der Waals surface area contributed by atoms with Crippen LogP contribution in [0.15, 0.2) is 0 Å². The van der Waals surface area contributed by atoms with Crippen molar-refractivity contribution < 1.29 is 32.9 Å². The van der Waals surface area contributed by atoms with Gasteiger partial charge in [0, 0.05) is 6.42 Å². The smallest absolute Gasteiger partial charge is 0.391 e. The predicted octanol–water partition coefficient (Wildman–Crippen LogP) is 7.90. The molecular formula is C32H68N2O6P+. The van der Waals surface area contributed by atoms with Gasteiger partial charge in [-0.1, -0.05) is 129 Å². The lowest BCUT2D eigenvalue weighted by Crippen LogP contribution is -2.46. The summed E-state index contributed by atoms with van der Waals surface area (Å²) >= 11 is 0. The van der Waals surface area contributed by atoms with Gasteiger partial charge in [0.05, 0.1) is 39.9 Å². The molecule has 0 spiro atoms. The molecule has 41 heavy (non-hydrogen) atoms. The van der Waals surface area contributed by atoms with Gasteiger partial charge in [-0.3, -0.25) is 13.8 Å². The van der Waals surface area contributed by atoms with Crippen molar-refractivity contribution in [1.82, 2.24) is 5.32 Å². The monoisotopic (exact) mass is 607 g/mol. The molecule has 0 aliphatic carbocycles. The summed E-state index contributed by atoms with van der Waals surface area (Å²) in [6.45, 7) is 4.80. The number of likely N-dealkylation sites (N-methyl/N-ethyl adjacent to an activating group) is 1. The van der Waals surface area contributed by atoms with Crippen molar-refractivity contribution in [2.75, 3.05) is 40.9 Å². The minimum Gasteiger partial charge on any atom is -0.391 e. The number of hydrogen-bond acceptors (Lipinski definition) is 5. The van der Waals surface area contributed by atoms with E-state index in [-0.39, 0.29) is 19.1 Å². The zero-order valence-electron chi connectivity index (χ0n) is 27.5. The average molecular weight is 608 g/mol. The normalized spacial score (nSPS) is 15.0. The van der Waals surface area contributed by atoms with Gasteiger partial charge in [0.15, 0.2) is 0 Å². The molecule has 0 fully saturated rings. The van der Waals surface area contributed by atoms with Crippen LogP contribution in [-0.4, -0.2) is 73.4 Å². The van der Waals surface area contributed by atoms with Crippen LogP contribution in [0.5, 0.6) is 0 Å². The van der Waals surface area contributed by atoms with Crippen LogP contribution in [0.4, 0.5) is 0 Å². The van der Waals surface area contributed by atoms with Crippen LogP contribution in [0.2, 0.25) is 0 Å². The Bertz CT molecular complexity index is 659. The minimum absolute atomic E-state index is 0.0772. The first-order valence-electron chi connectivity index (χ1n) is 16.9. The lowest BCUT2D eigenvalue weighted by molar-refractivity contribution is -0.870. The number of unbranched alkanes of at least 4 members (excludes halogenated alkanes) is 17. The summed E-state index contributed by atoms with van der Waals surface area (Å²) in [5, 5.41) is 13.7. The van der Waals surface area contributed by atoms with Crippen LogP contribution in [0.25, 0.3) is 0 Å². The van der Waals surface area contributed by atoms with E-state index in [1.165, 1.54) is 83.5 Å². The summed E-state index contributed by atoms with van der Waals surface area (Å²) in [6.07, 6.45) is 22.8. The Morgan fingerprint density at radius 1 is 0.732 bits per heavy atom. The van der Waals surface area contributed by atoms with Gasteiger partial charge in [-0.15, -0.1) is 0 Å². The zero-order chi connectivity index (χ0) is 30.8. The van der Waals surface area contributed by atoms with Gasteiger partial charge >= 0.3 is 7.82 Å². The predicted molar refractivity (Wildman–Crippen MR) is 171 cm³/mol. The summed E-state index contributed by atoms with van der Waals surface area (Å²) in [7, 11) is 1.62. The topological polar surface area (TPSA) is 105 Å². The Labute approximate surface area is 253 Å². The van der Waals surface area contributed by atoms with Gasteiger partial charge in [0.25, 0.3) is 0 Å². The highest BCUT2D eigenvalue weighted by molar-refractivity contribution is 7.47. The number of quaternary nitrogens is 1. The SMILES string of the molecule is CCCCCCCCCCCCCCCC(O)C(COP(=O)(O)OCC[N+](C)(C)C)NC(=O)CCCCCCCC. The highest BCUT2D eigenvalue weighted by Gasteiger charge is 2.28. The second kappa shape index (κ2) is 25.9. The summed E-state index contributed by atoms with van der Waals surface area (Å²) in [4.78, 5) is 22.7. The third kappa shape index (κ3) is 28.1. The Morgan fingerprint density at radius 3 is 1.63 bits per heavy atom.